The predicted molar refractivity (Wildman–Crippen MR) is 115 cm³/mol. The van der Waals surface area contributed by atoms with Gasteiger partial charge in [-0.2, -0.15) is 0 Å². The van der Waals surface area contributed by atoms with Gasteiger partial charge in [0.2, 0.25) is 0 Å². The van der Waals surface area contributed by atoms with Crippen LogP contribution in [-0.4, -0.2) is 35.5 Å². The number of amides is 3. The lowest BCUT2D eigenvalue weighted by molar-refractivity contribution is -0.153. The van der Waals surface area contributed by atoms with E-state index in [1.165, 1.54) is 6.92 Å². The zero-order valence-corrected chi connectivity index (χ0v) is 17.9. The van der Waals surface area contributed by atoms with Gasteiger partial charge in [-0.15, -0.1) is 0 Å². The molecule has 31 heavy (non-hydrogen) atoms. The minimum atomic E-state index is -1.29. The minimum Gasteiger partial charge on any atom is -0.489 e. The first-order chi connectivity index (χ1) is 14.7. The highest BCUT2D eigenvalue weighted by Gasteiger charge is 2.52. The van der Waals surface area contributed by atoms with Crippen LogP contribution in [0.25, 0.3) is 0 Å². The number of hydrogen-bond donors (Lipinski definition) is 1. The molecule has 7 heteroatoms. The van der Waals surface area contributed by atoms with Crippen molar-refractivity contribution >= 4 is 17.9 Å². The molecule has 0 saturated carbocycles. The molecule has 162 valence electrons. The number of rotatable bonds is 8. The number of carbonyl (C=O) groups is 3. The number of hydrogen-bond acceptors (Lipinski definition) is 5. The molecule has 0 aliphatic carbocycles. The van der Waals surface area contributed by atoms with E-state index in [1.54, 1.807) is 31.2 Å². The van der Waals surface area contributed by atoms with Crippen LogP contribution < -0.4 is 10.1 Å². The molecule has 3 rings (SSSR count). The maximum atomic E-state index is 13.2. The van der Waals surface area contributed by atoms with Gasteiger partial charge in [-0.1, -0.05) is 49.0 Å². The van der Waals surface area contributed by atoms with Crippen molar-refractivity contribution in [3.05, 3.63) is 77.9 Å². The van der Waals surface area contributed by atoms with Crippen LogP contribution in [0.4, 0.5) is 4.79 Å². The summed E-state index contributed by atoms with van der Waals surface area (Å²) in [5.41, 5.74) is 0.996. The van der Waals surface area contributed by atoms with Crippen LogP contribution in [0.5, 0.6) is 5.75 Å². The quantitative estimate of drug-likeness (QED) is 0.400. The average molecular weight is 422 g/mol. The number of benzene rings is 2. The van der Waals surface area contributed by atoms with E-state index in [9.17, 15) is 14.4 Å². The molecule has 2 unspecified atom stereocenters. The molecular weight excluding hydrogens is 396 g/mol. The van der Waals surface area contributed by atoms with Gasteiger partial charge in [0.15, 0.2) is 0 Å². The van der Waals surface area contributed by atoms with Crippen LogP contribution in [0.15, 0.2) is 66.7 Å². The topological polar surface area (TPSA) is 84.9 Å². The van der Waals surface area contributed by atoms with E-state index >= 15 is 0 Å². The lowest BCUT2D eigenvalue weighted by Crippen LogP contribution is -2.46. The number of urea groups is 1. The molecule has 7 nitrogen and oxygen atoms in total. The molecule has 1 N–H and O–H groups in total. The van der Waals surface area contributed by atoms with Gasteiger partial charge in [-0.25, -0.2) is 14.5 Å². The number of carbonyl (C=O) groups excluding carboxylic acids is 3. The van der Waals surface area contributed by atoms with Gasteiger partial charge in [-0.3, -0.25) is 4.79 Å². The van der Waals surface area contributed by atoms with Crippen LogP contribution in [0.1, 0.15) is 31.9 Å². The van der Waals surface area contributed by atoms with Gasteiger partial charge >= 0.3 is 12.0 Å². The summed E-state index contributed by atoms with van der Waals surface area (Å²) >= 11 is 0. The monoisotopic (exact) mass is 422 g/mol. The Balaban J connectivity index is 1.70. The van der Waals surface area contributed by atoms with Gasteiger partial charge in [-0.05, 0) is 49.6 Å². The molecule has 0 spiro atoms. The van der Waals surface area contributed by atoms with Crippen LogP contribution >= 0.6 is 0 Å². The smallest absolute Gasteiger partial charge is 0.329 e. The first kappa shape index (κ1) is 22.1. The number of imide groups is 1. The highest BCUT2D eigenvalue weighted by atomic mass is 16.5. The van der Waals surface area contributed by atoms with Crippen LogP contribution in [0.2, 0.25) is 0 Å². The largest absolute Gasteiger partial charge is 0.489 e. The standard InChI is InChI=1S/C24H26N2O5/c1-16(2)14-30-20-12-10-19(11-13-20)24(4)22(28)26(23(29)25-24)17(3)21(27)31-15-18-8-6-5-7-9-18/h5-13,17H,1,14-15H2,2-4H3,(H,25,29). The number of esters is 1. The highest BCUT2D eigenvalue weighted by molar-refractivity contribution is 6.09. The van der Waals surface area contributed by atoms with Crippen LogP contribution in [-0.2, 0) is 26.5 Å². The Hall–Kier alpha value is -3.61. The minimum absolute atomic E-state index is 0.0660. The van der Waals surface area contributed by atoms with Crippen molar-refractivity contribution in [3.8, 4) is 5.75 Å². The Bertz CT molecular complexity index is 987. The highest BCUT2D eigenvalue weighted by Crippen LogP contribution is 2.31. The van der Waals surface area contributed by atoms with Crippen LogP contribution in [0, 0.1) is 0 Å². The molecule has 0 aromatic heterocycles. The molecule has 3 amide bonds. The summed E-state index contributed by atoms with van der Waals surface area (Å²) < 4.78 is 10.9. The van der Waals surface area contributed by atoms with E-state index in [-0.39, 0.29) is 6.61 Å². The summed E-state index contributed by atoms with van der Waals surface area (Å²) in [6.45, 7) is 9.20. The van der Waals surface area contributed by atoms with E-state index in [4.69, 9.17) is 9.47 Å². The normalized spacial score (nSPS) is 19.0. The maximum Gasteiger partial charge on any atom is 0.329 e. The summed E-state index contributed by atoms with van der Waals surface area (Å²) in [5.74, 6) is -0.542. The fourth-order valence-corrected chi connectivity index (χ4v) is 3.25. The molecule has 0 radical (unpaired) electrons. The van der Waals surface area contributed by atoms with Gasteiger partial charge in [0.25, 0.3) is 5.91 Å². The zero-order chi connectivity index (χ0) is 22.6. The van der Waals surface area contributed by atoms with E-state index in [2.05, 4.69) is 11.9 Å². The van der Waals surface area contributed by atoms with E-state index in [0.717, 1.165) is 16.0 Å². The first-order valence-corrected chi connectivity index (χ1v) is 9.96. The third kappa shape index (κ3) is 4.77. The van der Waals surface area contributed by atoms with E-state index in [1.807, 2.05) is 37.3 Å². The molecule has 1 fully saturated rings. The summed E-state index contributed by atoms with van der Waals surface area (Å²) in [7, 11) is 0. The third-order valence-electron chi connectivity index (χ3n) is 5.09. The Kier molecular flexibility index (Phi) is 6.44. The van der Waals surface area contributed by atoms with Crippen molar-refractivity contribution in [2.24, 2.45) is 0 Å². The van der Waals surface area contributed by atoms with Crippen molar-refractivity contribution in [1.29, 1.82) is 0 Å². The zero-order valence-electron chi connectivity index (χ0n) is 17.9. The van der Waals surface area contributed by atoms with Crippen molar-refractivity contribution in [1.82, 2.24) is 10.2 Å². The lowest BCUT2D eigenvalue weighted by Gasteiger charge is -2.24. The Morgan fingerprint density at radius 3 is 2.39 bits per heavy atom. The maximum absolute atomic E-state index is 13.2. The van der Waals surface area contributed by atoms with Crippen molar-refractivity contribution < 1.29 is 23.9 Å². The fourth-order valence-electron chi connectivity index (χ4n) is 3.25. The molecule has 2 aromatic rings. The second-order valence-electron chi connectivity index (χ2n) is 7.77. The molecule has 2 aromatic carbocycles. The van der Waals surface area contributed by atoms with Crippen LogP contribution in [0.3, 0.4) is 0 Å². The summed E-state index contributed by atoms with van der Waals surface area (Å²) in [5, 5.41) is 2.70. The Labute approximate surface area is 181 Å². The number of ether oxygens (including phenoxy) is 2. The second-order valence-corrected chi connectivity index (χ2v) is 7.77. The summed E-state index contributed by atoms with van der Waals surface area (Å²) in [4.78, 5) is 39.1. The average Bonchev–Trinajstić information content (AvgIpc) is 3.00. The third-order valence-corrected chi connectivity index (χ3v) is 5.09. The molecule has 1 saturated heterocycles. The van der Waals surface area contributed by atoms with Gasteiger partial charge in [0, 0.05) is 0 Å². The molecule has 0 bridgehead atoms. The molecular formula is C24H26N2O5. The number of nitrogens with one attached hydrogen (secondary N) is 1. The van der Waals surface area contributed by atoms with Gasteiger partial charge in [0.1, 0.15) is 30.5 Å². The lowest BCUT2D eigenvalue weighted by atomic mass is 9.92. The second kappa shape index (κ2) is 9.04. The first-order valence-electron chi connectivity index (χ1n) is 9.96. The summed E-state index contributed by atoms with van der Waals surface area (Å²) in [6, 6.07) is 14.4. The van der Waals surface area contributed by atoms with Crippen molar-refractivity contribution in [2.75, 3.05) is 6.61 Å². The summed E-state index contributed by atoms with van der Waals surface area (Å²) in [6.07, 6.45) is 0. The van der Waals surface area contributed by atoms with Gasteiger partial charge < -0.3 is 14.8 Å². The van der Waals surface area contributed by atoms with Crippen molar-refractivity contribution in [2.45, 2.75) is 39.0 Å². The Morgan fingerprint density at radius 1 is 1.13 bits per heavy atom. The van der Waals surface area contributed by atoms with Gasteiger partial charge in [0.05, 0.1) is 0 Å². The molecule has 2 atom stereocenters. The van der Waals surface area contributed by atoms with E-state index < -0.39 is 29.5 Å². The van der Waals surface area contributed by atoms with Crippen molar-refractivity contribution in [3.63, 3.8) is 0 Å². The fraction of sp³-hybridized carbons (Fsp3) is 0.292. The van der Waals surface area contributed by atoms with E-state index in [0.29, 0.717) is 17.9 Å². The Morgan fingerprint density at radius 2 is 1.77 bits per heavy atom. The number of nitrogens with zero attached hydrogens (tertiary/aromatic N) is 1. The molecule has 1 heterocycles. The molecule has 1 aliphatic rings. The SMILES string of the molecule is C=C(C)COc1ccc(C2(C)NC(=O)N(C(C)C(=O)OCc3ccccc3)C2=O)cc1. The molecule has 1 aliphatic heterocycles. The predicted octanol–water partition coefficient (Wildman–Crippen LogP) is 3.54.